The number of benzene rings is 4. The zero-order chi connectivity index (χ0) is 28.2. The molecule has 4 aromatic carbocycles. The first-order chi connectivity index (χ1) is 20.2. The van der Waals surface area contributed by atoms with Gasteiger partial charge in [-0.15, -0.1) is 0 Å². The van der Waals surface area contributed by atoms with Gasteiger partial charge in [0, 0.05) is 12.5 Å². The Hall–Kier alpha value is -3.32. The highest BCUT2D eigenvalue weighted by molar-refractivity contribution is 5.17. The van der Waals surface area contributed by atoms with Crippen molar-refractivity contribution in [1.29, 1.82) is 0 Å². The van der Waals surface area contributed by atoms with Gasteiger partial charge in [-0.2, -0.15) is 0 Å². The first-order valence-corrected chi connectivity index (χ1v) is 14.6. The van der Waals surface area contributed by atoms with E-state index in [0.29, 0.717) is 32.7 Å². The average Bonchev–Trinajstić information content (AvgIpc) is 3.02. The van der Waals surface area contributed by atoms with Gasteiger partial charge in [-0.3, -0.25) is 0 Å². The van der Waals surface area contributed by atoms with E-state index >= 15 is 0 Å². The topological polar surface area (TPSA) is 60.0 Å². The largest absolute Gasteiger partial charge is 0.385 e. The van der Waals surface area contributed by atoms with Gasteiger partial charge in [0.2, 0.25) is 0 Å². The van der Waals surface area contributed by atoms with Crippen LogP contribution >= 0.6 is 0 Å². The van der Waals surface area contributed by atoms with E-state index < -0.39 is 11.7 Å². The van der Waals surface area contributed by atoms with Crippen LogP contribution in [0.3, 0.4) is 0 Å². The quantitative estimate of drug-likeness (QED) is 0.198. The van der Waals surface area contributed by atoms with Gasteiger partial charge in [0.25, 0.3) is 0 Å². The second kappa shape index (κ2) is 15.1. The smallest absolute Gasteiger partial charge is 0.116 e. The molecule has 4 atom stereocenters. The second-order valence-electron chi connectivity index (χ2n) is 10.9. The summed E-state index contributed by atoms with van der Waals surface area (Å²) in [5.41, 5.74) is 3.40. The molecule has 0 aromatic heterocycles. The van der Waals surface area contributed by atoms with Crippen LogP contribution in [-0.2, 0) is 40.5 Å². The molecule has 0 heterocycles. The average molecular weight is 552 g/mol. The maximum Gasteiger partial charge on any atom is 0.116 e. The Kier molecular flexibility index (Phi) is 10.7. The Morgan fingerprint density at radius 1 is 0.634 bits per heavy atom. The van der Waals surface area contributed by atoms with Crippen LogP contribution in [0.2, 0.25) is 0 Å². The van der Waals surface area contributed by atoms with Crippen molar-refractivity contribution >= 4 is 0 Å². The lowest BCUT2D eigenvalue weighted by Gasteiger charge is -2.46. The molecule has 5 rings (SSSR count). The summed E-state index contributed by atoms with van der Waals surface area (Å²) >= 11 is 0. The van der Waals surface area contributed by atoms with Gasteiger partial charge in [-0.1, -0.05) is 121 Å². The third-order valence-electron chi connectivity index (χ3n) is 7.80. The number of nitrogens with one attached hydrogen (secondary N) is 1. The lowest BCUT2D eigenvalue weighted by Crippen LogP contribution is -2.61. The Morgan fingerprint density at radius 3 is 1.68 bits per heavy atom. The number of aliphatic hydroxyl groups is 1. The van der Waals surface area contributed by atoms with Crippen LogP contribution < -0.4 is 5.32 Å². The Bertz CT molecular complexity index is 1270. The Morgan fingerprint density at radius 2 is 1.12 bits per heavy atom. The molecule has 0 bridgehead atoms. The lowest BCUT2D eigenvalue weighted by atomic mass is 9.77. The molecular formula is C36H41NO4. The van der Waals surface area contributed by atoms with Crippen molar-refractivity contribution in [3.63, 3.8) is 0 Å². The highest BCUT2D eigenvalue weighted by atomic mass is 16.5. The van der Waals surface area contributed by atoms with Crippen molar-refractivity contribution in [2.24, 2.45) is 0 Å². The summed E-state index contributed by atoms with van der Waals surface area (Å²) in [6.45, 7) is 2.34. The fourth-order valence-electron chi connectivity index (χ4n) is 5.52. The summed E-state index contributed by atoms with van der Waals surface area (Å²) in [6.07, 6.45) is 1.37. The fraction of sp³-hybridized carbons (Fsp3) is 0.333. The molecule has 1 aliphatic carbocycles. The molecule has 2 N–H and O–H groups in total. The van der Waals surface area contributed by atoms with Crippen LogP contribution in [-0.4, -0.2) is 42.1 Å². The molecule has 5 nitrogen and oxygen atoms in total. The van der Waals surface area contributed by atoms with Crippen molar-refractivity contribution in [3.8, 4) is 0 Å². The number of rotatable bonds is 14. The van der Waals surface area contributed by atoms with Gasteiger partial charge in [0.1, 0.15) is 5.60 Å². The van der Waals surface area contributed by atoms with E-state index in [2.05, 4.69) is 41.7 Å². The van der Waals surface area contributed by atoms with Gasteiger partial charge in [-0.05, 0) is 41.6 Å². The van der Waals surface area contributed by atoms with E-state index in [1.54, 1.807) is 0 Å². The number of hydrogen-bond donors (Lipinski definition) is 2. The summed E-state index contributed by atoms with van der Waals surface area (Å²) < 4.78 is 19.1. The first-order valence-electron chi connectivity index (χ1n) is 14.6. The van der Waals surface area contributed by atoms with E-state index in [-0.39, 0.29) is 18.8 Å². The summed E-state index contributed by atoms with van der Waals surface area (Å²) in [7, 11) is 0. The van der Waals surface area contributed by atoms with Gasteiger partial charge in [-0.25, -0.2) is 0 Å². The number of ether oxygens (including phenoxy) is 3. The van der Waals surface area contributed by atoms with Crippen LogP contribution in [0.5, 0.6) is 0 Å². The van der Waals surface area contributed by atoms with E-state index in [4.69, 9.17) is 14.2 Å². The van der Waals surface area contributed by atoms with E-state index in [9.17, 15) is 5.11 Å². The molecule has 4 aromatic rings. The van der Waals surface area contributed by atoms with Gasteiger partial charge < -0.3 is 24.6 Å². The Labute approximate surface area is 244 Å². The van der Waals surface area contributed by atoms with Crippen LogP contribution in [0.25, 0.3) is 0 Å². The standard InChI is InChI=1S/C36H41NO4/c38-36(28-39-25-30-15-7-2-8-16-30)24-33(37-22-21-29-13-5-1-6-14-29)34(40-26-31-17-9-3-10-18-31)23-35(36)41-27-32-19-11-4-12-20-32/h1-20,33-35,37-38H,21-28H2/t33-,34+,35-,36-/m0/s1. The molecule has 0 amide bonds. The SMILES string of the molecule is O[C@]1(COCc2ccccc2)C[C@H](NCCc2ccccc2)[C@H](OCc2ccccc2)C[C@@H]1OCc1ccccc1. The third kappa shape index (κ3) is 8.83. The molecule has 214 valence electrons. The molecular weight excluding hydrogens is 510 g/mol. The molecule has 5 heteroatoms. The third-order valence-corrected chi connectivity index (χ3v) is 7.80. The predicted molar refractivity (Wildman–Crippen MR) is 162 cm³/mol. The monoisotopic (exact) mass is 551 g/mol. The van der Waals surface area contributed by atoms with Gasteiger partial charge >= 0.3 is 0 Å². The van der Waals surface area contributed by atoms with Crippen molar-refractivity contribution in [2.75, 3.05) is 13.2 Å². The molecule has 1 fully saturated rings. The zero-order valence-electron chi connectivity index (χ0n) is 23.6. The first kappa shape index (κ1) is 29.2. The van der Waals surface area contributed by atoms with Gasteiger partial charge in [0.05, 0.1) is 38.6 Å². The van der Waals surface area contributed by atoms with Crippen LogP contribution in [0, 0.1) is 0 Å². The van der Waals surface area contributed by atoms with E-state index in [1.807, 2.05) is 84.9 Å². The molecule has 0 radical (unpaired) electrons. The molecule has 1 aliphatic rings. The fourth-order valence-corrected chi connectivity index (χ4v) is 5.52. The normalized spacial score (nSPS) is 22.4. The molecule has 41 heavy (non-hydrogen) atoms. The molecule has 0 saturated heterocycles. The van der Waals surface area contributed by atoms with Crippen LogP contribution in [0.4, 0.5) is 0 Å². The van der Waals surface area contributed by atoms with Gasteiger partial charge in [0.15, 0.2) is 0 Å². The van der Waals surface area contributed by atoms with Crippen LogP contribution in [0.15, 0.2) is 121 Å². The lowest BCUT2D eigenvalue weighted by molar-refractivity contribution is -0.197. The van der Waals surface area contributed by atoms with Crippen LogP contribution in [0.1, 0.15) is 35.1 Å². The van der Waals surface area contributed by atoms with E-state index in [1.165, 1.54) is 5.56 Å². The summed E-state index contributed by atoms with van der Waals surface area (Å²) in [5, 5.41) is 15.8. The maximum absolute atomic E-state index is 12.1. The van der Waals surface area contributed by atoms with Crippen molar-refractivity contribution in [3.05, 3.63) is 144 Å². The molecule has 0 unspecified atom stereocenters. The van der Waals surface area contributed by atoms with Crippen molar-refractivity contribution in [2.45, 2.75) is 62.9 Å². The molecule has 0 spiro atoms. The predicted octanol–water partition coefficient (Wildman–Crippen LogP) is 6.10. The van der Waals surface area contributed by atoms with E-state index in [0.717, 1.165) is 29.7 Å². The minimum absolute atomic E-state index is 0.0516. The highest BCUT2D eigenvalue weighted by Crippen LogP contribution is 2.35. The highest BCUT2D eigenvalue weighted by Gasteiger charge is 2.48. The molecule has 0 aliphatic heterocycles. The molecule has 1 saturated carbocycles. The zero-order valence-corrected chi connectivity index (χ0v) is 23.6. The summed E-state index contributed by atoms with van der Waals surface area (Å²) in [4.78, 5) is 0. The maximum atomic E-state index is 12.1. The van der Waals surface area contributed by atoms with Crippen molar-refractivity contribution < 1.29 is 19.3 Å². The summed E-state index contributed by atoms with van der Waals surface area (Å²) in [6, 6.07) is 40.8. The second-order valence-corrected chi connectivity index (χ2v) is 10.9. The Balaban J connectivity index is 1.30. The number of hydrogen-bond acceptors (Lipinski definition) is 5. The van der Waals surface area contributed by atoms with Crippen molar-refractivity contribution in [1.82, 2.24) is 5.32 Å². The summed E-state index contributed by atoms with van der Waals surface area (Å²) in [5.74, 6) is 0. The minimum atomic E-state index is -1.17. The minimum Gasteiger partial charge on any atom is -0.385 e.